The van der Waals surface area contributed by atoms with Crippen molar-refractivity contribution in [3.8, 4) is 0 Å². The molecule has 0 aliphatic heterocycles. The molecular weight excluding hydrogens is 336 g/mol. The summed E-state index contributed by atoms with van der Waals surface area (Å²) in [4.78, 5) is 40.4. The number of benzene rings is 1. The lowest BCUT2D eigenvalue weighted by Gasteiger charge is -2.29. The summed E-state index contributed by atoms with van der Waals surface area (Å²) in [6, 6.07) is 5.75. The Morgan fingerprint density at radius 2 is 1.73 bits per heavy atom. The summed E-state index contributed by atoms with van der Waals surface area (Å²) in [7, 11) is 0. The van der Waals surface area contributed by atoms with Crippen molar-refractivity contribution in [2.75, 3.05) is 13.2 Å². The highest BCUT2D eigenvalue weighted by atomic mass is 16.6. The van der Waals surface area contributed by atoms with Gasteiger partial charge in [0.1, 0.15) is 0 Å². The summed E-state index contributed by atoms with van der Waals surface area (Å²) in [5.74, 6) is -2.20. The van der Waals surface area contributed by atoms with E-state index in [0.717, 1.165) is 16.5 Å². The van der Waals surface area contributed by atoms with Gasteiger partial charge < -0.3 is 19.8 Å². The number of carbonyl (C=O) groups excluding carboxylic acids is 3. The van der Waals surface area contributed by atoms with Crippen molar-refractivity contribution >= 4 is 28.7 Å². The Morgan fingerprint density at radius 1 is 1.12 bits per heavy atom. The lowest BCUT2D eigenvalue weighted by Crippen LogP contribution is -2.62. The van der Waals surface area contributed by atoms with Crippen molar-refractivity contribution in [3.63, 3.8) is 0 Å². The van der Waals surface area contributed by atoms with E-state index in [4.69, 9.17) is 9.47 Å². The SMILES string of the molecule is CCOC(=O)C(Cc1c[nH]c2cccc(C)c12)(NC(C)=O)C(=O)OCC. The van der Waals surface area contributed by atoms with E-state index < -0.39 is 23.4 Å². The van der Waals surface area contributed by atoms with Gasteiger partial charge >= 0.3 is 11.9 Å². The minimum absolute atomic E-state index is 0.0743. The summed E-state index contributed by atoms with van der Waals surface area (Å²) < 4.78 is 10.2. The van der Waals surface area contributed by atoms with Gasteiger partial charge in [-0.05, 0) is 38.0 Å². The third-order valence-corrected chi connectivity index (χ3v) is 4.09. The number of ether oxygens (including phenoxy) is 2. The number of carbonyl (C=O) groups is 3. The molecule has 140 valence electrons. The van der Waals surface area contributed by atoms with Crippen LogP contribution >= 0.6 is 0 Å². The molecule has 0 fully saturated rings. The predicted octanol–water partition coefficient (Wildman–Crippen LogP) is 2.02. The van der Waals surface area contributed by atoms with Gasteiger partial charge in [0.15, 0.2) is 0 Å². The van der Waals surface area contributed by atoms with Crippen LogP contribution in [0.1, 0.15) is 31.9 Å². The first-order valence-electron chi connectivity index (χ1n) is 8.54. The van der Waals surface area contributed by atoms with Gasteiger partial charge in [0.05, 0.1) is 13.2 Å². The van der Waals surface area contributed by atoms with Crippen LogP contribution in [0.25, 0.3) is 10.9 Å². The van der Waals surface area contributed by atoms with Crippen molar-refractivity contribution in [1.29, 1.82) is 0 Å². The molecule has 2 N–H and O–H groups in total. The van der Waals surface area contributed by atoms with Crippen molar-refractivity contribution in [1.82, 2.24) is 10.3 Å². The second-order valence-electron chi connectivity index (χ2n) is 6.02. The molecule has 7 heteroatoms. The van der Waals surface area contributed by atoms with Crippen LogP contribution < -0.4 is 5.32 Å². The Morgan fingerprint density at radius 3 is 2.27 bits per heavy atom. The quantitative estimate of drug-likeness (QED) is 0.581. The van der Waals surface area contributed by atoms with Gasteiger partial charge in [-0.25, -0.2) is 9.59 Å². The molecule has 0 saturated heterocycles. The molecule has 26 heavy (non-hydrogen) atoms. The van der Waals surface area contributed by atoms with E-state index in [1.54, 1.807) is 20.0 Å². The zero-order chi connectivity index (χ0) is 19.3. The summed E-state index contributed by atoms with van der Waals surface area (Å²) in [5.41, 5.74) is 0.649. The normalized spacial score (nSPS) is 11.2. The van der Waals surface area contributed by atoms with E-state index in [-0.39, 0.29) is 19.6 Å². The number of aromatic amines is 1. The van der Waals surface area contributed by atoms with Gasteiger partial charge in [0.25, 0.3) is 0 Å². The second-order valence-corrected chi connectivity index (χ2v) is 6.02. The summed E-state index contributed by atoms with van der Waals surface area (Å²) in [6.07, 6.45) is 1.65. The zero-order valence-corrected chi connectivity index (χ0v) is 15.5. The average molecular weight is 360 g/mol. The number of amides is 1. The highest BCUT2D eigenvalue weighted by Gasteiger charge is 2.50. The number of hydrogen-bond donors (Lipinski definition) is 2. The smallest absolute Gasteiger partial charge is 0.344 e. The van der Waals surface area contributed by atoms with Crippen molar-refractivity contribution in [3.05, 3.63) is 35.5 Å². The third kappa shape index (κ3) is 3.71. The van der Waals surface area contributed by atoms with E-state index in [9.17, 15) is 14.4 Å². The number of H-pyrrole nitrogens is 1. The van der Waals surface area contributed by atoms with Gasteiger partial charge in [-0.3, -0.25) is 4.79 Å². The lowest BCUT2D eigenvalue weighted by atomic mass is 9.89. The first kappa shape index (κ1) is 19.5. The third-order valence-electron chi connectivity index (χ3n) is 4.09. The van der Waals surface area contributed by atoms with E-state index in [1.165, 1.54) is 6.92 Å². The van der Waals surface area contributed by atoms with Gasteiger partial charge in [-0.15, -0.1) is 0 Å². The van der Waals surface area contributed by atoms with E-state index in [2.05, 4.69) is 10.3 Å². The molecule has 2 rings (SSSR count). The molecule has 0 spiro atoms. The highest BCUT2D eigenvalue weighted by molar-refractivity contribution is 6.08. The molecule has 2 aromatic rings. The number of esters is 2. The van der Waals surface area contributed by atoms with Crippen LogP contribution in [0.15, 0.2) is 24.4 Å². The van der Waals surface area contributed by atoms with Crippen molar-refractivity contribution in [2.24, 2.45) is 0 Å². The maximum absolute atomic E-state index is 12.7. The average Bonchev–Trinajstić information content (AvgIpc) is 2.98. The van der Waals surface area contributed by atoms with Crippen molar-refractivity contribution < 1.29 is 23.9 Å². The molecular formula is C19H24N2O5. The van der Waals surface area contributed by atoms with E-state index in [0.29, 0.717) is 5.56 Å². The lowest BCUT2D eigenvalue weighted by molar-refractivity contribution is -0.167. The summed E-state index contributed by atoms with van der Waals surface area (Å²) in [6.45, 7) is 6.61. The maximum Gasteiger partial charge on any atom is 0.344 e. The van der Waals surface area contributed by atoms with E-state index >= 15 is 0 Å². The first-order valence-corrected chi connectivity index (χ1v) is 8.54. The number of nitrogens with one attached hydrogen (secondary N) is 2. The number of rotatable bonds is 7. The van der Waals surface area contributed by atoms with Gasteiger partial charge in [0, 0.05) is 30.4 Å². The van der Waals surface area contributed by atoms with Crippen LogP contribution in [0.4, 0.5) is 0 Å². The molecule has 1 aromatic carbocycles. The molecule has 1 heterocycles. The van der Waals surface area contributed by atoms with Gasteiger partial charge in [0.2, 0.25) is 11.4 Å². The Balaban J connectivity index is 2.58. The number of aryl methyl sites for hydroxylation is 1. The Bertz CT molecular complexity index is 806. The van der Waals surface area contributed by atoms with Crippen LogP contribution in [0.5, 0.6) is 0 Å². The molecule has 0 bridgehead atoms. The molecule has 0 radical (unpaired) electrons. The number of aromatic nitrogens is 1. The maximum atomic E-state index is 12.7. The van der Waals surface area contributed by atoms with Gasteiger partial charge in [-0.1, -0.05) is 12.1 Å². The fourth-order valence-corrected chi connectivity index (χ4v) is 3.06. The van der Waals surface area contributed by atoms with Crippen LogP contribution in [0.2, 0.25) is 0 Å². The predicted molar refractivity (Wildman–Crippen MR) is 96.6 cm³/mol. The monoisotopic (exact) mass is 360 g/mol. The molecule has 0 saturated carbocycles. The van der Waals surface area contributed by atoms with Crippen LogP contribution in [-0.2, 0) is 30.3 Å². The standard InChI is InChI=1S/C19H24N2O5/c1-5-25-17(23)19(21-13(4)22,18(24)26-6-2)10-14-11-20-15-9-7-8-12(3)16(14)15/h7-9,11,20H,5-6,10H2,1-4H3,(H,21,22). The Labute approximate surface area is 152 Å². The van der Waals surface area contributed by atoms with Crippen LogP contribution in [-0.4, -0.2) is 41.6 Å². The summed E-state index contributed by atoms with van der Waals surface area (Å²) >= 11 is 0. The fourth-order valence-electron chi connectivity index (χ4n) is 3.06. The summed E-state index contributed by atoms with van der Waals surface area (Å²) in [5, 5.41) is 3.38. The number of fused-ring (bicyclic) bond motifs is 1. The number of hydrogen-bond acceptors (Lipinski definition) is 5. The minimum atomic E-state index is -1.94. The molecule has 1 amide bonds. The molecule has 0 aliphatic rings. The Kier molecular flexibility index (Phi) is 6.02. The topological polar surface area (TPSA) is 97.5 Å². The molecule has 0 atom stereocenters. The van der Waals surface area contributed by atoms with Crippen LogP contribution in [0.3, 0.4) is 0 Å². The molecule has 7 nitrogen and oxygen atoms in total. The minimum Gasteiger partial charge on any atom is -0.464 e. The molecule has 0 unspecified atom stereocenters. The van der Waals surface area contributed by atoms with Gasteiger partial charge in [-0.2, -0.15) is 0 Å². The van der Waals surface area contributed by atoms with E-state index in [1.807, 2.05) is 25.1 Å². The van der Waals surface area contributed by atoms with Crippen LogP contribution in [0, 0.1) is 6.92 Å². The molecule has 1 aromatic heterocycles. The fraction of sp³-hybridized carbons (Fsp3) is 0.421. The largest absolute Gasteiger partial charge is 0.464 e. The Hall–Kier alpha value is -2.83. The highest BCUT2D eigenvalue weighted by Crippen LogP contribution is 2.27. The molecule has 0 aliphatic carbocycles. The second kappa shape index (κ2) is 8.03. The zero-order valence-electron chi connectivity index (χ0n) is 15.5. The van der Waals surface area contributed by atoms with Crippen molar-refractivity contribution in [2.45, 2.75) is 39.7 Å². The first-order chi connectivity index (χ1) is 12.4.